The number of nitrogens with one attached hydrogen (secondary N) is 1. The molecule has 106 valence electrons. The summed E-state index contributed by atoms with van der Waals surface area (Å²) in [6, 6.07) is 3.02. The summed E-state index contributed by atoms with van der Waals surface area (Å²) in [5.41, 5.74) is 0. The molecule has 0 unspecified atom stereocenters. The molecule has 0 radical (unpaired) electrons. The highest BCUT2D eigenvalue weighted by atomic mass is 32.2. The Hall–Kier alpha value is -0.920. The Labute approximate surface area is 116 Å². The minimum absolute atomic E-state index is 0.137. The second-order valence-electron chi connectivity index (χ2n) is 4.77. The Morgan fingerprint density at radius 1 is 1.42 bits per heavy atom. The fourth-order valence-corrected chi connectivity index (χ4v) is 4.44. The van der Waals surface area contributed by atoms with Crippen LogP contribution >= 0.6 is 11.3 Å². The van der Waals surface area contributed by atoms with Gasteiger partial charge in [-0.3, -0.25) is 4.79 Å². The van der Waals surface area contributed by atoms with Gasteiger partial charge in [-0.05, 0) is 24.5 Å². The topological polar surface area (TPSA) is 83.5 Å². The minimum atomic E-state index is -3.48. The van der Waals surface area contributed by atoms with E-state index in [4.69, 9.17) is 5.11 Å². The molecule has 5 nitrogen and oxygen atoms in total. The molecule has 1 saturated carbocycles. The second kappa shape index (κ2) is 6.02. The number of aliphatic carboxylic acids is 1. The third-order valence-corrected chi connectivity index (χ3v) is 6.33. The van der Waals surface area contributed by atoms with Gasteiger partial charge >= 0.3 is 5.97 Å². The zero-order valence-electron chi connectivity index (χ0n) is 10.5. The zero-order valence-corrected chi connectivity index (χ0v) is 12.1. The van der Waals surface area contributed by atoms with Gasteiger partial charge in [0.2, 0.25) is 10.0 Å². The summed E-state index contributed by atoms with van der Waals surface area (Å²) in [6.07, 6.45) is 4.39. The molecule has 0 aliphatic heterocycles. The quantitative estimate of drug-likeness (QED) is 0.805. The first-order valence-corrected chi connectivity index (χ1v) is 8.57. The molecule has 2 rings (SSSR count). The van der Waals surface area contributed by atoms with Crippen LogP contribution in [0.1, 0.15) is 30.6 Å². The number of hydrogen-bond donors (Lipinski definition) is 2. The van der Waals surface area contributed by atoms with Crippen LogP contribution in [-0.4, -0.2) is 26.0 Å². The molecule has 19 heavy (non-hydrogen) atoms. The second-order valence-corrected chi connectivity index (χ2v) is 7.94. The van der Waals surface area contributed by atoms with Crippen LogP contribution in [0.25, 0.3) is 0 Å². The number of thiophene rings is 1. The van der Waals surface area contributed by atoms with Crippen LogP contribution in [0.4, 0.5) is 0 Å². The van der Waals surface area contributed by atoms with Crippen LogP contribution in [0, 0.1) is 5.92 Å². The molecule has 1 heterocycles. The number of carboxylic acids is 1. The molecule has 0 atom stereocenters. The number of hydrogen-bond acceptors (Lipinski definition) is 4. The summed E-state index contributed by atoms with van der Waals surface area (Å²) in [7, 11) is -3.48. The number of rotatable bonds is 7. The van der Waals surface area contributed by atoms with E-state index in [0.717, 1.165) is 17.8 Å². The van der Waals surface area contributed by atoms with E-state index in [1.165, 1.54) is 25.3 Å². The van der Waals surface area contributed by atoms with E-state index in [9.17, 15) is 13.2 Å². The van der Waals surface area contributed by atoms with Crippen molar-refractivity contribution in [2.45, 2.75) is 36.3 Å². The maximum Gasteiger partial charge on any atom is 0.308 e. The zero-order chi connectivity index (χ0) is 13.9. The van der Waals surface area contributed by atoms with Crippen molar-refractivity contribution in [2.75, 3.05) is 6.54 Å². The van der Waals surface area contributed by atoms with Gasteiger partial charge in [-0.25, -0.2) is 13.1 Å². The highest BCUT2D eigenvalue weighted by molar-refractivity contribution is 7.91. The molecule has 1 aromatic rings. The molecule has 2 N–H and O–H groups in total. The third-order valence-electron chi connectivity index (χ3n) is 3.30. The Morgan fingerprint density at radius 3 is 2.74 bits per heavy atom. The van der Waals surface area contributed by atoms with Gasteiger partial charge in [-0.2, -0.15) is 0 Å². The molecule has 1 aliphatic rings. The Kier molecular flexibility index (Phi) is 4.59. The lowest BCUT2D eigenvalue weighted by Crippen LogP contribution is -2.27. The van der Waals surface area contributed by atoms with Gasteiger partial charge in [-0.1, -0.05) is 19.3 Å². The van der Waals surface area contributed by atoms with E-state index in [-0.39, 0.29) is 10.6 Å². The molecular formula is C12H17NO4S2. The monoisotopic (exact) mass is 303 g/mol. The molecule has 0 aromatic carbocycles. The van der Waals surface area contributed by atoms with Crippen LogP contribution in [0.2, 0.25) is 0 Å². The lowest BCUT2D eigenvalue weighted by atomic mass is 9.83. The normalized spacial score (nSPS) is 16.2. The predicted octanol–water partition coefficient (Wildman–Crippen LogP) is 1.84. The number of sulfonamides is 1. The first-order chi connectivity index (χ1) is 8.97. The molecule has 0 amide bonds. The van der Waals surface area contributed by atoms with Gasteiger partial charge in [0.1, 0.15) is 4.21 Å². The van der Waals surface area contributed by atoms with E-state index in [0.29, 0.717) is 17.3 Å². The number of carboxylic acid groups (broad SMARTS) is 1. The summed E-state index contributed by atoms with van der Waals surface area (Å²) < 4.78 is 26.7. The van der Waals surface area contributed by atoms with Gasteiger partial charge in [0.25, 0.3) is 0 Å². The minimum Gasteiger partial charge on any atom is -0.481 e. The lowest BCUT2D eigenvalue weighted by molar-refractivity contribution is -0.136. The largest absolute Gasteiger partial charge is 0.481 e. The van der Waals surface area contributed by atoms with E-state index < -0.39 is 16.0 Å². The average Bonchev–Trinajstić information content (AvgIpc) is 2.70. The summed E-state index contributed by atoms with van der Waals surface area (Å²) in [6.45, 7) is 0.458. The molecule has 7 heteroatoms. The van der Waals surface area contributed by atoms with E-state index in [1.54, 1.807) is 6.07 Å². The van der Waals surface area contributed by atoms with Gasteiger partial charge in [0, 0.05) is 11.4 Å². The molecule has 0 spiro atoms. The van der Waals surface area contributed by atoms with Crippen LogP contribution < -0.4 is 4.72 Å². The van der Waals surface area contributed by atoms with Crippen molar-refractivity contribution in [3.63, 3.8) is 0 Å². The summed E-state index contributed by atoms with van der Waals surface area (Å²) >= 11 is 1.02. The van der Waals surface area contributed by atoms with Gasteiger partial charge in [0.05, 0.1) is 6.42 Å². The Bertz CT molecular complexity index is 546. The first-order valence-electron chi connectivity index (χ1n) is 6.27. The Morgan fingerprint density at radius 2 is 2.16 bits per heavy atom. The standard InChI is InChI=1S/C12H17NO4S2/c14-11(15)8-10-4-5-12(18-10)19(16,17)13-7-6-9-2-1-3-9/h4-5,9,13H,1-3,6-8H2,(H,14,15). The fraction of sp³-hybridized carbons (Fsp3) is 0.583. The fourth-order valence-electron chi connectivity index (χ4n) is 2.00. The van der Waals surface area contributed by atoms with Crippen molar-refractivity contribution < 1.29 is 18.3 Å². The van der Waals surface area contributed by atoms with E-state index >= 15 is 0 Å². The van der Waals surface area contributed by atoms with Gasteiger partial charge in [-0.15, -0.1) is 11.3 Å². The molecule has 1 fully saturated rings. The van der Waals surface area contributed by atoms with E-state index in [2.05, 4.69) is 4.72 Å². The average molecular weight is 303 g/mol. The van der Waals surface area contributed by atoms with Crippen molar-refractivity contribution >= 4 is 27.3 Å². The van der Waals surface area contributed by atoms with Crippen LogP contribution in [0.15, 0.2) is 16.3 Å². The van der Waals surface area contributed by atoms with Gasteiger partial charge in [0.15, 0.2) is 0 Å². The SMILES string of the molecule is O=C(O)Cc1ccc(S(=O)(=O)NCCC2CCC2)s1. The number of carbonyl (C=O) groups is 1. The maximum atomic E-state index is 12.0. The van der Waals surface area contributed by atoms with Crippen molar-refractivity contribution in [1.82, 2.24) is 4.72 Å². The molecular weight excluding hydrogens is 286 g/mol. The van der Waals surface area contributed by atoms with Crippen molar-refractivity contribution in [2.24, 2.45) is 5.92 Å². The molecule has 0 bridgehead atoms. The third kappa shape index (κ3) is 4.02. The summed E-state index contributed by atoms with van der Waals surface area (Å²) in [4.78, 5) is 11.1. The highest BCUT2D eigenvalue weighted by Gasteiger charge is 2.20. The maximum absolute atomic E-state index is 12.0. The molecule has 1 aromatic heterocycles. The van der Waals surface area contributed by atoms with Crippen molar-refractivity contribution in [3.05, 3.63) is 17.0 Å². The van der Waals surface area contributed by atoms with Crippen LogP contribution in [-0.2, 0) is 21.2 Å². The predicted molar refractivity (Wildman–Crippen MR) is 72.8 cm³/mol. The molecule has 1 aliphatic carbocycles. The van der Waals surface area contributed by atoms with Gasteiger partial charge < -0.3 is 5.11 Å². The summed E-state index contributed by atoms with van der Waals surface area (Å²) in [5.74, 6) is -0.294. The van der Waals surface area contributed by atoms with Crippen molar-refractivity contribution in [1.29, 1.82) is 0 Å². The van der Waals surface area contributed by atoms with E-state index in [1.807, 2.05) is 0 Å². The first kappa shape index (κ1) is 14.5. The lowest BCUT2D eigenvalue weighted by Gasteiger charge is -2.24. The van der Waals surface area contributed by atoms with Crippen LogP contribution in [0.5, 0.6) is 0 Å². The van der Waals surface area contributed by atoms with Crippen LogP contribution in [0.3, 0.4) is 0 Å². The smallest absolute Gasteiger partial charge is 0.308 e. The Balaban J connectivity index is 1.90. The van der Waals surface area contributed by atoms with Crippen molar-refractivity contribution in [3.8, 4) is 0 Å². The highest BCUT2D eigenvalue weighted by Crippen LogP contribution is 2.29. The summed E-state index contributed by atoms with van der Waals surface area (Å²) in [5, 5.41) is 8.66. The molecule has 0 saturated heterocycles.